The Hall–Kier alpha value is -3.85. The lowest BCUT2D eigenvalue weighted by atomic mass is 10.2. The van der Waals surface area contributed by atoms with Crippen LogP contribution in [0.15, 0.2) is 64.7 Å². The van der Waals surface area contributed by atoms with Crippen LogP contribution in [-0.2, 0) is 22.6 Å². The molecule has 2 aromatic carbocycles. The van der Waals surface area contributed by atoms with Crippen molar-refractivity contribution >= 4 is 33.4 Å². The van der Waals surface area contributed by atoms with E-state index < -0.39 is 5.91 Å². The second kappa shape index (κ2) is 8.26. The minimum absolute atomic E-state index is 0.195. The van der Waals surface area contributed by atoms with Crippen molar-refractivity contribution in [3.05, 3.63) is 75.8 Å². The van der Waals surface area contributed by atoms with Crippen molar-refractivity contribution < 1.29 is 9.53 Å². The number of fused-ring (bicyclic) bond motifs is 2. The topological polar surface area (TPSA) is 108 Å². The number of ether oxygens (including phenoxy) is 1. The highest BCUT2D eigenvalue weighted by Gasteiger charge is 2.10. The predicted octanol–water partition coefficient (Wildman–Crippen LogP) is 1.39. The van der Waals surface area contributed by atoms with E-state index in [4.69, 9.17) is 4.74 Å². The van der Waals surface area contributed by atoms with Crippen LogP contribution in [0.1, 0.15) is 0 Å². The highest BCUT2D eigenvalue weighted by Crippen LogP contribution is 2.14. The summed E-state index contributed by atoms with van der Waals surface area (Å²) in [6.07, 6.45) is 2.82. The molecule has 0 aliphatic rings. The molecule has 0 saturated heterocycles. The van der Waals surface area contributed by atoms with E-state index in [0.717, 1.165) is 0 Å². The molecular weight excluding hydrogens is 386 g/mol. The number of benzene rings is 2. The maximum atomic E-state index is 12.6. The minimum atomic E-state index is -0.405. The average molecular weight is 405 g/mol. The number of nitrogens with zero attached hydrogens (tertiary/aromatic N) is 4. The highest BCUT2D eigenvalue weighted by molar-refractivity contribution is 5.93. The summed E-state index contributed by atoms with van der Waals surface area (Å²) >= 11 is 0. The molecule has 1 amide bonds. The molecule has 4 rings (SSSR count). The molecule has 9 heteroatoms. The van der Waals surface area contributed by atoms with Crippen LogP contribution in [0.4, 0.5) is 5.69 Å². The van der Waals surface area contributed by atoms with Gasteiger partial charge in [-0.2, -0.15) is 0 Å². The van der Waals surface area contributed by atoms with Gasteiger partial charge in [-0.15, -0.1) is 0 Å². The second-order valence-corrected chi connectivity index (χ2v) is 6.71. The van der Waals surface area contributed by atoms with Crippen LogP contribution >= 0.6 is 0 Å². The summed E-state index contributed by atoms with van der Waals surface area (Å²) in [6, 6.07) is 11.9. The zero-order valence-corrected chi connectivity index (χ0v) is 16.2. The smallest absolute Gasteiger partial charge is 0.261 e. The van der Waals surface area contributed by atoms with Gasteiger partial charge in [-0.25, -0.2) is 9.97 Å². The number of hydrogen-bond donors (Lipinski definition) is 1. The van der Waals surface area contributed by atoms with Gasteiger partial charge in [-0.05, 0) is 30.3 Å². The Morgan fingerprint density at radius 3 is 2.47 bits per heavy atom. The van der Waals surface area contributed by atoms with E-state index >= 15 is 0 Å². The fourth-order valence-corrected chi connectivity index (χ4v) is 3.16. The number of aromatic nitrogens is 4. The first-order valence-corrected chi connectivity index (χ1v) is 9.29. The quantitative estimate of drug-likeness (QED) is 0.519. The number of para-hydroxylation sites is 1. The van der Waals surface area contributed by atoms with Crippen molar-refractivity contribution in [2.75, 3.05) is 19.0 Å². The van der Waals surface area contributed by atoms with E-state index in [1.165, 1.54) is 21.8 Å². The maximum Gasteiger partial charge on any atom is 0.261 e. The molecule has 0 atom stereocenters. The summed E-state index contributed by atoms with van der Waals surface area (Å²) in [6.45, 7) is 0.574. The van der Waals surface area contributed by atoms with E-state index in [9.17, 15) is 14.4 Å². The monoisotopic (exact) mass is 405 g/mol. The Bertz CT molecular complexity index is 1360. The fraction of sp³-hybridized carbons (Fsp3) is 0.190. The molecule has 152 valence electrons. The summed E-state index contributed by atoms with van der Waals surface area (Å²) in [5, 5.41) is 3.55. The number of carbonyl (C=O) groups is 1. The summed E-state index contributed by atoms with van der Waals surface area (Å²) in [5.41, 5.74) is 1.04. The molecule has 0 spiro atoms. The predicted molar refractivity (Wildman–Crippen MR) is 113 cm³/mol. The van der Waals surface area contributed by atoms with Crippen LogP contribution in [0.5, 0.6) is 0 Å². The second-order valence-electron chi connectivity index (χ2n) is 6.71. The SMILES string of the molecule is COCCn1cnc2ccc(NC(=O)Cn3cnc4ccccc4c3=O)cc2c1=O. The molecule has 1 N–H and O–H groups in total. The number of amides is 1. The third kappa shape index (κ3) is 3.83. The zero-order valence-electron chi connectivity index (χ0n) is 16.2. The van der Waals surface area contributed by atoms with Crippen LogP contribution in [0, 0.1) is 0 Å². The first-order valence-electron chi connectivity index (χ1n) is 9.29. The van der Waals surface area contributed by atoms with Gasteiger partial charge < -0.3 is 10.1 Å². The molecule has 9 nitrogen and oxygen atoms in total. The number of carbonyl (C=O) groups excluding carboxylic acids is 1. The number of hydrogen-bond acceptors (Lipinski definition) is 6. The van der Waals surface area contributed by atoms with Crippen molar-refractivity contribution in [3.8, 4) is 0 Å². The Morgan fingerprint density at radius 2 is 1.67 bits per heavy atom. The molecule has 30 heavy (non-hydrogen) atoms. The molecule has 0 radical (unpaired) electrons. The molecule has 0 fully saturated rings. The van der Waals surface area contributed by atoms with Gasteiger partial charge in [-0.3, -0.25) is 23.5 Å². The molecule has 0 aliphatic carbocycles. The van der Waals surface area contributed by atoms with Gasteiger partial charge in [0.2, 0.25) is 5.91 Å². The Balaban J connectivity index is 1.57. The van der Waals surface area contributed by atoms with Gasteiger partial charge in [0.25, 0.3) is 11.1 Å². The normalized spacial score (nSPS) is 11.1. The minimum Gasteiger partial charge on any atom is -0.383 e. The van der Waals surface area contributed by atoms with E-state index in [-0.39, 0.29) is 17.7 Å². The summed E-state index contributed by atoms with van der Waals surface area (Å²) in [4.78, 5) is 46.1. The Labute approximate surface area is 170 Å². The molecule has 2 heterocycles. The van der Waals surface area contributed by atoms with Crippen molar-refractivity contribution in [1.82, 2.24) is 19.1 Å². The van der Waals surface area contributed by atoms with Crippen molar-refractivity contribution in [1.29, 1.82) is 0 Å². The third-order valence-electron chi connectivity index (χ3n) is 4.69. The molecule has 0 bridgehead atoms. The van der Waals surface area contributed by atoms with Crippen LogP contribution in [-0.4, -0.2) is 38.7 Å². The van der Waals surface area contributed by atoms with E-state index in [1.54, 1.807) is 49.6 Å². The lowest BCUT2D eigenvalue weighted by molar-refractivity contribution is -0.116. The van der Waals surface area contributed by atoms with E-state index in [2.05, 4.69) is 15.3 Å². The molecule has 0 aliphatic heterocycles. The zero-order chi connectivity index (χ0) is 21.1. The van der Waals surface area contributed by atoms with Crippen LogP contribution in [0.2, 0.25) is 0 Å². The fourth-order valence-electron chi connectivity index (χ4n) is 3.16. The van der Waals surface area contributed by atoms with E-state index in [1.807, 2.05) is 0 Å². The van der Waals surface area contributed by atoms with Crippen molar-refractivity contribution in [2.24, 2.45) is 0 Å². The Morgan fingerprint density at radius 1 is 0.967 bits per heavy atom. The lowest BCUT2D eigenvalue weighted by Crippen LogP contribution is -2.28. The van der Waals surface area contributed by atoms with Gasteiger partial charge in [-0.1, -0.05) is 12.1 Å². The Kier molecular flexibility index (Phi) is 5.36. The van der Waals surface area contributed by atoms with Crippen molar-refractivity contribution in [3.63, 3.8) is 0 Å². The largest absolute Gasteiger partial charge is 0.383 e. The number of anilines is 1. The van der Waals surface area contributed by atoms with Gasteiger partial charge >= 0.3 is 0 Å². The number of nitrogens with one attached hydrogen (secondary N) is 1. The lowest BCUT2D eigenvalue weighted by Gasteiger charge is -2.10. The van der Waals surface area contributed by atoms with Gasteiger partial charge in [0, 0.05) is 12.8 Å². The summed E-state index contributed by atoms with van der Waals surface area (Å²) in [7, 11) is 1.56. The van der Waals surface area contributed by atoms with E-state index in [0.29, 0.717) is 40.6 Å². The maximum absolute atomic E-state index is 12.6. The number of rotatable bonds is 6. The van der Waals surface area contributed by atoms with Gasteiger partial charge in [0.15, 0.2) is 0 Å². The van der Waals surface area contributed by atoms with Gasteiger partial charge in [0.05, 0.1) is 47.6 Å². The first kappa shape index (κ1) is 19.5. The molecule has 4 aromatic rings. The average Bonchev–Trinajstić information content (AvgIpc) is 2.76. The van der Waals surface area contributed by atoms with Crippen LogP contribution in [0.3, 0.4) is 0 Å². The molecule has 0 unspecified atom stereocenters. The highest BCUT2D eigenvalue weighted by atomic mass is 16.5. The van der Waals surface area contributed by atoms with Gasteiger partial charge in [0.1, 0.15) is 6.54 Å². The molecule has 0 saturated carbocycles. The molecule has 2 aromatic heterocycles. The third-order valence-corrected chi connectivity index (χ3v) is 4.69. The summed E-state index contributed by atoms with van der Waals surface area (Å²) < 4.78 is 7.71. The first-order chi connectivity index (χ1) is 14.6. The van der Waals surface area contributed by atoms with Crippen LogP contribution in [0.25, 0.3) is 21.8 Å². The number of methoxy groups -OCH3 is 1. The van der Waals surface area contributed by atoms with Crippen molar-refractivity contribution in [2.45, 2.75) is 13.1 Å². The molecular formula is C21H19N5O4. The standard InChI is InChI=1S/C21H19N5O4/c1-30-9-8-25-12-22-18-7-6-14(10-16(18)21(25)29)24-19(27)11-26-13-23-17-5-3-2-4-15(17)20(26)28/h2-7,10,12-13H,8-9,11H2,1H3,(H,24,27). The van der Waals surface area contributed by atoms with Crippen LogP contribution < -0.4 is 16.4 Å². The summed E-state index contributed by atoms with van der Waals surface area (Å²) in [5.74, 6) is -0.405.